The first-order valence-corrected chi connectivity index (χ1v) is 11.3. The molecule has 1 saturated heterocycles. The molecule has 0 spiro atoms. The van der Waals surface area contributed by atoms with Crippen molar-refractivity contribution in [1.29, 1.82) is 0 Å². The van der Waals surface area contributed by atoms with Crippen LogP contribution in [-0.2, 0) is 6.42 Å². The predicted molar refractivity (Wildman–Crippen MR) is 123 cm³/mol. The molecule has 0 radical (unpaired) electrons. The highest BCUT2D eigenvalue weighted by molar-refractivity contribution is 6.43. The van der Waals surface area contributed by atoms with Crippen LogP contribution in [0.3, 0.4) is 0 Å². The molecule has 1 aliphatic carbocycles. The molecule has 1 aliphatic heterocycles. The molecule has 2 aromatic rings. The molecule has 0 aromatic heterocycles. The van der Waals surface area contributed by atoms with Gasteiger partial charge in [0.2, 0.25) is 0 Å². The third-order valence-corrected chi connectivity index (χ3v) is 6.73. The Morgan fingerprint density at radius 1 is 1.00 bits per heavy atom. The van der Waals surface area contributed by atoms with E-state index in [2.05, 4.69) is 21.0 Å². The molecule has 0 bridgehead atoms. The molecule has 0 amide bonds. The van der Waals surface area contributed by atoms with Gasteiger partial charge in [-0.05, 0) is 62.1 Å². The van der Waals surface area contributed by atoms with E-state index in [0.717, 1.165) is 81.1 Å². The number of aryl methyl sites for hydroxylation is 1. The third-order valence-electron chi connectivity index (χ3n) is 5.93. The number of hydrogen-bond acceptors (Lipinski definition) is 5. The topological polar surface area (TPSA) is 48.3 Å². The molecule has 4 rings (SSSR count). The van der Waals surface area contributed by atoms with Crippen LogP contribution in [-0.4, -0.2) is 55.1 Å². The zero-order valence-electron chi connectivity index (χ0n) is 17.0. The molecule has 7 heteroatoms. The van der Waals surface area contributed by atoms with E-state index in [0.29, 0.717) is 16.7 Å². The normalized spacial score (nSPS) is 18.1. The first-order chi connectivity index (χ1) is 14.7. The number of hydrogen-bond donors (Lipinski definition) is 1. The summed E-state index contributed by atoms with van der Waals surface area (Å²) >= 11 is 12.5. The number of halogens is 2. The van der Waals surface area contributed by atoms with Gasteiger partial charge in [-0.15, -0.1) is 0 Å². The van der Waals surface area contributed by atoms with Crippen molar-refractivity contribution in [3.63, 3.8) is 0 Å². The van der Waals surface area contributed by atoms with E-state index >= 15 is 0 Å². The summed E-state index contributed by atoms with van der Waals surface area (Å²) in [5.41, 5.74) is 4.04. The van der Waals surface area contributed by atoms with Gasteiger partial charge < -0.3 is 14.8 Å². The number of fused-ring (bicyclic) bond motifs is 1. The van der Waals surface area contributed by atoms with Gasteiger partial charge in [-0.2, -0.15) is 0 Å². The van der Waals surface area contributed by atoms with E-state index in [4.69, 9.17) is 33.1 Å². The quantitative estimate of drug-likeness (QED) is 0.364. The minimum atomic E-state index is 0.611. The number of piperazine rings is 1. The summed E-state index contributed by atoms with van der Waals surface area (Å²) in [4.78, 5) is 4.81. The van der Waals surface area contributed by atoms with E-state index in [9.17, 15) is 0 Å². The summed E-state index contributed by atoms with van der Waals surface area (Å²) < 4.78 is 5.92. The lowest BCUT2D eigenvalue weighted by atomic mass is 10.1. The molecule has 1 fully saturated rings. The lowest BCUT2D eigenvalue weighted by Gasteiger charge is -2.36. The van der Waals surface area contributed by atoms with Gasteiger partial charge in [-0.3, -0.25) is 4.90 Å². The van der Waals surface area contributed by atoms with Crippen LogP contribution >= 0.6 is 23.2 Å². The molecule has 5 nitrogen and oxygen atoms in total. The molecular weight excluding hydrogens is 421 g/mol. The Hall–Kier alpha value is -1.95. The molecule has 30 heavy (non-hydrogen) atoms. The molecule has 0 unspecified atom stereocenters. The standard InChI is InChI=1S/C23H27Cl2N3O2/c24-20-4-3-5-22(23(20)25)28-13-11-27(12-14-28)10-1-2-15-30-18-8-6-17-7-9-21(26-29)19(17)16-18/h3-6,8,16,29H,1-2,7,9-15H2/b26-21-. The van der Waals surface area contributed by atoms with Crippen molar-refractivity contribution in [3.8, 4) is 5.75 Å². The zero-order chi connectivity index (χ0) is 20.9. The monoisotopic (exact) mass is 447 g/mol. The fourth-order valence-corrected chi connectivity index (χ4v) is 4.62. The maximum absolute atomic E-state index is 9.11. The largest absolute Gasteiger partial charge is 0.494 e. The molecule has 0 atom stereocenters. The van der Waals surface area contributed by atoms with Crippen LogP contribution in [0.15, 0.2) is 41.6 Å². The lowest BCUT2D eigenvalue weighted by Crippen LogP contribution is -2.46. The highest BCUT2D eigenvalue weighted by atomic mass is 35.5. The van der Waals surface area contributed by atoms with Gasteiger partial charge in [0.05, 0.1) is 28.1 Å². The fraction of sp³-hybridized carbons (Fsp3) is 0.435. The first kappa shape index (κ1) is 21.3. The minimum Gasteiger partial charge on any atom is -0.494 e. The summed E-state index contributed by atoms with van der Waals surface area (Å²) in [7, 11) is 0. The Bertz CT molecular complexity index is 911. The average Bonchev–Trinajstić information content (AvgIpc) is 3.18. The van der Waals surface area contributed by atoms with Crippen LogP contribution in [0.2, 0.25) is 10.0 Å². The van der Waals surface area contributed by atoms with Crippen LogP contribution < -0.4 is 9.64 Å². The average molecular weight is 448 g/mol. The summed E-state index contributed by atoms with van der Waals surface area (Å²) in [6.07, 6.45) is 3.85. The van der Waals surface area contributed by atoms with Gasteiger partial charge in [0, 0.05) is 31.7 Å². The van der Waals surface area contributed by atoms with Crippen LogP contribution in [0, 0.1) is 0 Å². The summed E-state index contributed by atoms with van der Waals surface area (Å²) in [5, 5.41) is 13.8. The van der Waals surface area contributed by atoms with E-state index in [1.165, 1.54) is 5.56 Å². The second-order valence-electron chi connectivity index (χ2n) is 7.82. The number of ether oxygens (including phenoxy) is 1. The van der Waals surface area contributed by atoms with Crippen LogP contribution in [0.25, 0.3) is 0 Å². The van der Waals surface area contributed by atoms with E-state index < -0.39 is 0 Å². The maximum atomic E-state index is 9.11. The molecule has 160 valence electrons. The summed E-state index contributed by atoms with van der Waals surface area (Å²) in [6, 6.07) is 11.9. The van der Waals surface area contributed by atoms with E-state index in [1.807, 2.05) is 30.3 Å². The molecular formula is C23H27Cl2N3O2. The summed E-state index contributed by atoms with van der Waals surface area (Å²) in [5.74, 6) is 0.851. The Morgan fingerprint density at radius 2 is 1.83 bits per heavy atom. The molecule has 1 N–H and O–H groups in total. The van der Waals surface area contributed by atoms with Gasteiger partial charge >= 0.3 is 0 Å². The SMILES string of the molecule is O/N=C1/CCc2ccc(OCCCCN3CCN(c4cccc(Cl)c4Cl)CC3)cc21. The number of rotatable bonds is 7. The Balaban J connectivity index is 1.17. The van der Waals surface area contributed by atoms with Crippen molar-refractivity contribution in [2.24, 2.45) is 5.16 Å². The van der Waals surface area contributed by atoms with Gasteiger partial charge in [0.15, 0.2) is 0 Å². The number of oxime groups is 1. The molecule has 0 saturated carbocycles. The minimum absolute atomic E-state index is 0.611. The number of unbranched alkanes of at least 4 members (excludes halogenated alkanes) is 1. The predicted octanol–water partition coefficient (Wildman–Crippen LogP) is 5.10. The Kier molecular flexibility index (Phi) is 7.03. The first-order valence-electron chi connectivity index (χ1n) is 10.5. The highest BCUT2D eigenvalue weighted by Crippen LogP contribution is 2.33. The third kappa shape index (κ3) is 4.85. The second-order valence-corrected chi connectivity index (χ2v) is 8.61. The van der Waals surface area contributed by atoms with E-state index in [-0.39, 0.29) is 0 Å². The maximum Gasteiger partial charge on any atom is 0.119 e. The van der Waals surface area contributed by atoms with Crippen LogP contribution in [0.4, 0.5) is 5.69 Å². The molecule has 2 aromatic carbocycles. The van der Waals surface area contributed by atoms with Crippen molar-refractivity contribution in [2.75, 3.05) is 44.2 Å². The van der Waals surface area contributed by atoms with E-state index in [1.54, 1.807) is 0 Å². The Morgan fingerprint density at radius 3 is 2.63 bits per heavy atom. The van der Waals surface area contributed by atoms with Crippen molar-refractivity contribution >= 4 is 34.6 Å². The molecule has 1 heterocycles. The smallest absolute Gasteiger partial charge is 0.119 e. The number of benzene rings is 2. The van der Waals surface area contributed by atoms with Crippen LogP contribution in [0.5, 0.6) is 5.75 Å². The van der Waals surface area contributed by atoms with Gasteiger partial charge in [0.25, 0.3) is 0 Å². The van der Waals surface area contributed by atoms with Gasteiger partial charge in [0.1, 0.15) is 5.75 Å². The number of nitrogens with zero attached hydrogens (tertiary/aromatic N) is 3. The number of anilines is 1. The Labute approximate surface area is 187 Å². The molecule has 2 aliphatic rings. The second kappa shape index (κ2) is 9.90. The fourth-order valence-electron chi connectivity index (χ4n) is 4.20. The van der Waals surface area contributed by atoms with Crippen molar-refractivity contribution < 1.29 is 9.94 Å². The lowest BCUT2D eigenvalue weighted by molar-refractivity contribution is 0.238. The zero-order valence-corrected chi connectivity index (χ0v) is 18.5. The van der Waals surface area contributed by atoms with Gasteiger partial charge in [-0.25, -0.2) is 0 Å². The van der Waals surface area contributed by atoms with Crippen LogP contribution in [0.1, 0.15) is 30.4 Å². The van der Waals surface area contributed by atoms with Crippen molar-refractivity contribution in [2.45, 2.75) is 25.7 Å². The van der Waals surface area contributed by atoms with Gasteiger partial charge in [-0.1, -0.05) is 40.5 Å². The summed E-state index contributed by atoms with van der Waals surface area (Å²) in [6.45, 7) is 5.74. The highest BCUT2D eigenvalue weighted by Gasteiger charge is 2.20. The van der Waals surface area contributed by atoms with Crippen molar-refractivity contribution in [3.05, 3.63) is 57.6 Å². The van der Waals surface area contributed by atoms with Crippen molar-refractivity contribution in [1.82, 2.24) is 4.90 Å².